The van der Waals surface area contributed by atoms with Crippen LogP contribution >= 0.6 is 0 Å². The molecule has 0 amide bonds. The Morgan fingerprint density at radius 2 is 1.83 bits per heavy atom. The molecule has 0 aliphatic carbocycles. The Bertz CT molecular complexity index is 38.7. The molecule has 33 valence electrons. The van der Waals surface area contributed by atoms with Crippen LogP contribution in [0.2, 0.25) is 0 Å². The predicted octanol–water partition coefficient (Wildman–Crippen LogP) is -2.80. The molecular formula is C2H5KMnO2. The van der Waals surface area contributed by atoms with Crippen LogP contribution in [0.4, 0.5) is 0 Å². The fraction of sp³-hybridized carbons (Fsp3) is 0.500. The van der Waals surface area contributed by atoms with Crippen molar-refractivity contribution in [2.24, 2.45) is 0 Å². The first-order valence-corrected chi connectivity index (χ1v) is 0.928. The molecule has 2 nitrogen and oxygen atoms in total. The molecule has 0 aromatic rings. The molecule has 0 fully saturated rings. The quantitative estimate of drug-likeness (QED) is 0.384. The third-order valence-electron chi connectivity index (χ3n) is 0. The van der Waals surface area contributed by atoms with Crippen molar-refractivity contribution < 1.29 is 79.8 Å². The summed E-state index contributed by atoms with van der Waals surface area (Å²) in [5.41, 5.74) is 0. The van der Waals surface area contributed by atoms with Crippen molar-refractivity contribution in [2.75, 3.05) is 0 Å². The van der Waals surface area contributed by atoms with Gasteiger partial charge < -0.3 is 6.53 Å². The molecule has 0 aliphatic rings. The van der Waals surface area contributed by atoms with E-state index in [9.17, 15) is 0 Å². The van der Waals surface area contributed by atoms with E-state index in [4.69, 9.17) is 9.90 Å². The molecule has 0 heterocycles. The molecule has 1 N–H and O–H groups in total. The largest absolute Gasteiger partial charge is 1.00 e. The van der Waals surface area contributed by atoms with Gasteiger partial charge in [0.25, 0.3) is 5.97 Å². The van der Waals surface area contributed by atoms with Gasteiger partial charge >= 0.3 is 51.4 Å². The maximum Gasteiger partial charge on any atom is 1.00 e. The van der Waals surface area contributed by atoms with Gasteiger partial charge in [-0.15, -0.1) is 0 Å². The van der Waals surface area contributed by atoms with E-state index in [2.05, 4.69) is 0 Å². The van der Waals surface area contributed by atoms with Gasteiger partial charge in [0.05, 0.1) is 0 Å². The molecule has 0 saturated heterocycles. The van der Waals surface area contributed by atoms with E-state index in [1.807, 2.05) is 0 Å². The summed E-state index contributed by atoms with van der Waals surface area (Å²) in [5.74, 6) is -0.833. The Kier molecular flexibility index (Phi) is 25.6. The number of carboxylic acid groups (broad SMARTS) is 1. The molecule has 0 spiro atoms. The summed E-state index contributed by atoms with van der Waals surface area (Å²) in [5, 5.41) is 7.42. The summed E-state index contributed by atoms with van der Waals surface area (Å²) in [6, 6.07) is 0. The third-order valence-corrected chi connectivity index (χ3v) is 0. The van der Waals surface area contributed by atoms with Crippen LogP contribution in [-0.2, 0) is 21.9 Å². The summed E-state index contributed by atoms with van der Waals surface area (Å²) in [6.45, 7) is 1.08. The molecule has 0 aromatic heterocycles. The Hall–Kier alpha value is 1.63. The molecule has 6 heavy (non-hydrogen) atoms. The second-order valence-corrected chi connectivity index (χ2v) is 0.519. The zero-order valence-electron chi connectivity index (χ0n) is 4.73. The van der Waals surface area contributed by atoms with Crippen LogP contribution in [0.3, 0.4) is 0 Å². The number of rotatable bonds is 0. The third kappa shape index (κ3) is 45.5. The van der Waals surface area contributed by atoms with Crippen molar-refractivity contribution in [3.05, 3.63) is 0 Å². The SMILES string of the molecule is CC(=O)O.[H-].[K+].[Mn]. The second kappa shape index (κ2) is 9.80. The monoisotopic (exact) mass is 155 g/mol. The summed E-state index contributed by atoms with van der Waals surface area (Å²) >= 11 is 0. The predicted molar refractivity (Wildman–Crippen MR) is 14.4 cm³/mol. The van der Waals surface area contributed by atoms with Crippen LogP contribution in [-0.4, -0.2) is 11.1 Å². The van der Waals surface area contributed by atoms with E-state index >= 15 is 0 Å². The van der Waals surface area contributed by atoms with Crippen LogP contribution < -0.4 is 51.4 Å². The van der Waals surface area contributed by atoms with Gasteiger partial charge in [-0.3, -0.25) is 4.79 Å². The minimum absolute atomic E-state index is 0. The number of carbonyl (C=O) groups is 1. The molecule has 0 rings (SSSR count). The van der Waals surface area contributed by atoms with Crippen molar-refractivity contribution in [1.82, 2.24) is 0 Å². The first-order valence-electron chi connectivity index (χ1n) is 0.928. The molecule has 0 aliphatic heterocycles. The van der Waals surface area contributed by atoms with Gasteiger partial charge in [0.1, 0.15) is 0 Å². The van der Waals surface area contributed by atoms with E-state index in [0.29, 0.717) is 0 Å². The number of hydrogen-bond donors (Lipinski definition) is 1. The van der Waals surface area contributed by atoms with E-state index in [0.717, 1.165) is 6.92 Å². The second-order valence-electron chi connectivity index (χ2n) is 0.519. The van der Waals surface area contributed by atoms with Crippen LogP contribution in [0.25, 0.3) is 0 Å². The summed E-state index contributed by atoms with van der Waals surface area (Å²) in [4.78, 5) is 9.00. The summed E-state index contributed by atoms with van der Waals surface area (Å²) in [6.07, 6.45) is 0. The average Bonchev–Trinajstić information content (AvgIpc) is 0.811. The first kappa shape index (κ1) is 15.6. The van der Waals surface area contributed by atoms with Crippen molar-refractivity contribution in [2.45, 2.75) is 6.92 Å². The van der Waals surface area contributed by atoms with Gasteiger partial charge in [-0.2, -0.15) is 0 Å². The maximum atomic E-state index is 9.00. The Labute approximate surface area is 91.1 Å². The Morgan fingerprint density at radius 1 is 1.83 bits per heavy atom. The molecular weight excluding hydrogens is 150 g/mol. The minimum atomic E-state index is -0.833. The topological polar surface area (TPSA) is 37.3 Å². The van der Waals surface area contributed by atoms with E-state index in [-0.39, 0.29) is 69.9 Å². The van der Waals surface area contributed by atoms with Gasteiger partial charge in [-0.05, 0) is 0 Å². The van der Waals surface area contributed by atoms with Crippen molar-refractivity contribution in [3.8, 4) is 0 Å². The van der Waals surface area contributed by atoms with Crippen LogP contribution in [0, 0.1) is 0 Å². The maximum absolute atomic E-state index is 9.00. The molecule has 0 atom stereocenters. The van der Waals surface area contributed by atoms with Crippen molar-refractivity contribution in [3.63, 3.8) is 0 Å². The zero-order chi connectivity index (χ0) is 3.58. The standard InChI is InChI=1S/C2H4O2.K.Mn.H/c1-2(3)4;;;/h1H3,(H,3,4);;;/q;+1;;-1. The van der Waals surface area contributed by atoms with Gasteiger partial charge in [-0.1, -0.05) is 0 Å². The van der Waals surface area contributed by atoms with Gasteiger partial charge in [0.15, 0.2) is 0 Å². The van der Waals surface area contributed by atoms with Crippen LogP contribution in [0.15, 0.2) is 0 Å². The Morgan fingerprint density at radius 3 is 1.83 bits per heavy atom. The van der Waals surface area contributed by atoms with Crippen molar-refractivity contribution in [1.29, 1.82) is 0 Å². The first-order chi connectivity index (χ1) is 1.73. The minimum Gasteiger partial charge on any atom is -1.00 e. The Balaban J connectivity index is -0.0000000150. The van der Waals surface area contributed by atoms with Crippen LogP contribution in [0.5, 0.6) is 0 Å². The van der Waals surface area contributed by atoms with E-state index in [1.165, 1.54) is 0 Å². The molecule has 1 radical (unpaired) electrons. The average molecular weight is 155 g/mol. The van der Waals surface area contributed by atoms with Gasteiger partial charge in [0.2, 0.25) is 0 Å². The number of aliphatic carboxylic acids is 1. The van der Waals surface area contributed by atoms with E-state index < -0.39 is 5.97 Å². The fourth-order valence-electron chi connectivity index (χ4n) is 0. The normalized spacial score (nSPS) is 4.17. The fourth-order valence-corrected chi connectivity index (χ4v) is 0. The number of carboxylic acids is 1. The van der Waals surface area contributed by atoms with E-state index in [1.54, 1.807) is 0 Å². The molecule has 0 aromatic carbocycles. The summed E-state index contributed by atoms with van der Waals surface area (Å²) < 4.78 is 0. The molecule has 4 heteroatoms. The number of hydrogen-bond acceptors (Lipinski definition) is 1. The summed E-state index contributed by atoms with van der Waals surface area (Å²) in [7, 11) is 0. The van der Waals surface area contributed by atoms with Gasteiger partial charge in [-0.25, -0.2) is 0 Å². The van der Waals surface area contributed by atoms with Crippen molar-refractivity contribution >= 4 is 5.97 Å². The molecule has 0 saturated carbocycles. The zero-order valence-corrected chi connectivity index (χ0v) is 8.04. The van der Waals surface area contributed by atoms with Crippen LogP contribution in [0.1, 0.15) is 8.35 Å². The smallest absolute Gasteiger partial charge is 1.00 e. The molecule has 0 unspecified atom stereocenters. The molecule has 0 bridgehead atoms. The van der Waals surface area contributed by atoms with Gasteiger partial charge in [0, 0.05) is 24.0 Å².